The summed E-state index contributed by atoms with van der Waals surface area (Å²) in [6.45, 7) is 8.42. The summed E-state index contributed by atoms with van der Waals surface area (Å²) in [5.74, 6) is 1.00. The van der Waals surface area contributed by atoms with Gasteiger partial charge in [-0.2, -0.15) is 0 Å². The number of hydrogen-bond donors (Lipinski definition) is 0. The fraction of sp³-hybridized carbons (Fsp3) is 0.733. The van der Waals surface area contributed by atoms with Crippen LogP contribution in [0.4, 0.5) is 0 Å². The van der Waals surface area contributed by atoms with E-state index in [9.17, 15) is 4.79 Å². The number of aryl methyl sites for hydroxylation is 2. The average molecular weight is 293 g/mol. The van der Waals surface area contributed by atoms with Gasteiger partial charge >= 0.3 is 0 Å². The molecule has 0 unspecified atom stereocenters. The van der Waals surface area contributed by atoms with Gasteiger partial charge in [0.25, 0.3) is 0 Å². The van der Waals surface area contributed by atoms with Gasteiger partial charge in [-0.15, -0.1) is 0 Å². The second-order valence-electron chi connectivity index (χ2n) is 6.52. The van der Waals surface area contributed by atoms with Crippen molar-refractivity contribution in [1.82, 2.24) is 15.0 Å². The second-order valence-corrected chi connectivity index (χ2v) is 6.52. The molecule has 116 valence electrons. The van der Waals surface area contributed by atoms with Gasteiger partial charge in [0.1, 0.15) is 5.76 Å². The van der Waals surface area contributed by atoms with Gasteiger partial charge in [-0.05, 0) is 20.9 Å². The Morgan fingerprint density at radius 2 is 2.14 bits per heavy atom. The molecule has 1 aromatic heterocycles. The van der Waals surface area contributed by atoms with E-state index >= 15 is 0 Å². The summed E-state index contributed by atoms with van der Waals surface area (Å²) in [6, 6.07) is 0. The molecular weight excluding hydrogens is 270 g/mol. The SMILES string of the molecule is Cc1noc(C)c1CN1C[C@@]2(COCCN(C)C2)CC1=O. The van der Waals surface area contributed by atoms with Crippen molar-refractivity contribution in [3.05, 3.63) is 17.0 Å². The molecule has 0 radical (unpaired) electrons. The van der Waals surface area contributed by atoms with Gasteiger partial charge in [0.05, 0.1) is 25.5 Å². The van der Waals surface area contributed by atoms with Crippen LogP contribution < -0.4 is 0 Å². The number of likely N-dealkylation sites (tertiary alicyclic amines) is 1. The van der Waals surface area contributed by atoms with Gasteiger partial charge < -0.3 is 19.1 Å². The zero-order valence-electron chi connectivity index (χ0n) is 13.0. The van der Waals surface area contributed by atoms with Crippen molar-refractivity contribution >= 4 is 5.91 Å². The molecule has 0 saturated carbocycles. The van der Waals surface area contributed by atoms with Crippen LogP contribution in [0.15, 0.2) is 4.52 Å². The fourth-order valence-electron chi connectivity index (χ4n) is 3.45. The second kappa shape index (κ2) is 5.42. The predicted octanol–water partition coefficient (Wildman–Crippen LogP) is 0.972. The van der Waals surface area contributed by atoms with E-state index in [0.717, 1.165) is 43.3 Å². The van der Waals surface area contributed by atoms with E-state index < -0.39 is 0 Å². The molecular formula is C15H23N3O3. The Bertz CT molecular complexity index is 523. The van der Waals surface area contributed by atoms with Crippen molar-refractivity contribution in [2.45, 2.75) is 26.8 Å². The molecule has 2 aliphatic rings. The molecule has 3 rings (SSSR count). The third-order valence-corrected chi connectivity index (χ3v) is 4.57. The largest absolute Gasteiger partial charge is 0.379 e. The molecule has 1 spiro atoms. The molecule has 1 atom stereocenters. The molecule has 6 heteroatoms. The Hall–Kier alpha value is -1.40. The molecule has 1 aromatic rings. The van der Waals surface area contributed by atoms with Gasteiger partial charge in [0, 0.05) is 37.0 Å². The summed E-state index contributed by atoms with van der Waals surface area (Å²) < 4.78 is 10.9. The maximum Gasteiger partial charge on any atom is 0.223 e. The van der Waals surface area contributed by atoms with Crippen LogP contribution in [0.2, 0.25) is 0 Å². The molecule has 3 heterocycles. The molecule has 2 fully saturated rings. The number of nitrogens with zero attached hydrogens (tertiary/aromatic N) is 3. The average Bonchev–Trinajstić information content (AvgIpc) is 2.81. The number of aromatic nitrogens is 1. The highest BCUT2D eigenvalue weighted by Gasteiger charge is 2.45. The lowest BCUT2D eigenvalue weighted by molar-refractivity contribution is -0.128. The number of carbonyl (C=O) groups is 1. The van der Waals surface area contributed by atoms with E-state index in [1.54, 1.807) is 0 Å². The minimum Gasteiger partial charge on any atom is -0.379 e. The molecule has 21 heavy (non-hydrogen) atoms. The van der Waals surface area contributed by atoms with Crippen molar-refractivity contribution in [2.24, 2.45) is 5.41 Å². The zero-order chi connectivity index (χ0) is 15.0. The molecule has 1 amide bonds. The van der Waals surface area contributed by atoms with Crippen molar-refractivity contribution in [3.8, 4) is 0 Å². The van der Waals surface area contributed by atoms with Gasteiger partial charge in [-0.1, -0.05) is 5.16 Å². The zero-order valence-corrected chi connectivity index (χ0v) is 13.0. The first kappa shape index (κ1) is 14.5. The van der Waals surface area contributed by atoms with Gasteiger partial charge in [0.2, 0.25) is 5.91 Å². The van der Waals surface area contributed by atoms with E-state index in [2.05, 4.69) is 17.1 Å². The Morgan fingerprint density at radius 3 is 2.86 bits per heavy atom. The van der Waals surface area contributed by atoms with Crippen LogP contribution in [0.25, 0.3) is 0 Å². The third kappa shape index (κ3) is 2.82. The first-order chi connectivity index (χ1) is 9.99. The normalized spacial score (nSPS) is 27.6. The van der Waals surface area contributed by atoms with Crippen LogP contribution >= 0.6 is 0 Å². The lowest BCUT2D eigenvalue weighted by Gasteiger charge is -2.29. The van der Waals surface area contributed by atoms with Crippen LogP contribution in [0, 0.1) is 19.3 Å². The van der Waals surface area contributed by atoms with E-state index in [1.165, 1.54) is 0 Å². The summed E-state index contributed by atoms with van der Waals surface area (Å²) in [7, 11) is 2.10. The number of hydrogen-bond acceptors (Lipinski definition) is 5. The van der Waals surface area contributed by atoms with Gasteiger partial charge in [-0.25, -0.2) is 0 Å². The summed E-state index contributed by atoms with van der Waals surface area (Å²) in [5, 5.41) is 3.97. The van der Waals surface area contributed by atoms with Crippen molar-refractivity contribution in [1.29, 1.82) is 0 Å². The number of likely N-dealkylation sites (N-methyl/N-ethyl adjacent to an activating group) is 1. The minimum atomic E-state index is -0.0681. The Kier molecular flexibility index (Phi) is 3.75. The maximum atomic E-state index is 12.4. The Balaban J connectivity index is 1.75. The number of ether oxygens (including phenoxy) is 1. The molecule has 2 aliphatic heterocycles. The number of amides is 1. The first-order valence-corrected chi connectivity index (χ1v) is 7.45. The third-order valence-electron chi connectivity index (χ3n) is 4.57. The van der Waals surface area contributed by atoms with Gasteiger partial charge in [-0.3, -0.25) is 4.79 Å². The molecule has 0 N–H and O–H groups in total. The van der Waals surface area contributed by atoms with Crippen LogP contribution in [0.1, 0.15) is 23.4 Å². The Morgan fingerprint density at radius 1 is 1.33 bits per heavy atom. The van der Waals surface area contributed by atoms with Crippen LogP contribution in [0.3, 0.4) is 0 Å². The van der Waals surface area contributed by atoms with Crippen molar-refractivity contribution in [2.75, 3.05) is 39.9 Å². The lowest BCUT2D eigenvalue weighted by atomic mass is 9.87. The quantitative estimate of drug-likeness (QED) is 0.813. The van der Waals surface area contributed by atoms with Gasteiger partial charge in [0.15, 0.2) is 0 Å². The monoisotopic (exact) mass is 293 g/mol. The predicted molar refractivity (Wildman–Crippen MR) is 76.8 cm³/mol. The molecule has 2 saturated heterocycles. The first-order valence-electron chi connectivity index (χ1n) is 7.45. The van der Waals surface area contributed by atoms with E-state index in [0.29, 0.717) is 19.6 Å². The summed E-state index contributed by atoms with van der Waals surface area (Å²) in [4.78, 5) is 16.6. The highest BCUT2D eigenvalue weighted by atomic mass is 16.5. The van der Waals surface area contributed by atoms with E-state index in [1.807, 2.05) is 18.7 Å². The van der Waals surface area contributed by atoms with E-state index in [4.69, 9.17) is 9.26 Å². The van der Waals surface area contributed by atoms with Crippen molar-refractivity contribution < 1.29 is 14.1 Å². The highest BCUT2D eigenvalue weighted by Crippen LogP contribution is 2.35. The summed E-state index contributed by atoms with van der Waals surface area (Å²) in [5.41, 5.74) is 1.83. The van der Waals surface area contributed by atoms with Crippen LogP contribution in [-0.2, 0) is 16.1 Å². The fourth-order valence-corrected chi connectivity index (χ4v) is 3.45. The maximum absolute atomic E-state index is 12.4. The number of carbonyl (C=O) groups excluding carboxylic acids is 1. The van der Waals surface area contributed by atoms with E-state index in [-0.39, 0.29) is 11.3 Å². The molecule has 0 aromatic carbocycles. The molecule has 6 nitrogen and oxygen atoms in total. The molecule has 0 aliphatic carbocycles. The smallest absolute Gasteiger partial charge is 0.223 e. The van der Waals surface area contributed by atoms with Crippen LogP contribution in [-0.4, -0.2) is 60.8 Å². The number of rotatable bonds is 2. The summed E-state index contributed by atoms with van der Waals surface area (Å²) in [6.07, 6.45) is 0.570. The topological polar surface area (TPSA) is 58.8 Å². The van der Waals surface area contributed by atoms with Crippen molar-refractivity contribution in [3.63, 3.8) is 0 Å². The van der Waals surface area contributed by atoms with Crippen LogP contribution in [0.5, 0.6) is 0 Å². The highest BCUT2D eigenvalue weighted by molar-refractivity contribution is 5.79. The minimum absolute atomic E-state index is 0.0681. The standard InChI is InChI=1S/C15H23N3O3/c1-11-13(12(2)21-16-11)7-18-9-15(6-14(18)19)8-17(3)4-5-20-10-15/h4-10H2,1-3H3/t15-/m1/s1. The summed E-state index contributed by atoms with van der Waals surface area (Å²) >= 11 is 0. The Labute approximate surface area is 125 Å². The molecule has 0 bridgehead atoms. The lowest BCUT2D eigenvalue weighted by Crippen LogP contribution is -2.39.